The van der Waals surface area contributed by atoms with Gasteiger partial charge in [0, 0.05) is 56.2 Å². The number of fused-ring (bicyclic) bond motifs is 1. The van der Waals surface area contributed by atoms with Crippen molar-refractivity contribution in [3.63, 3.8) is 0 Å². The second kappa shape index (κ2) is 5.95. The van der Waals surface area contributed by atoms with E-state index >= 15 is 0 Å². The normalized spacial score (nSPS) is 15.0. The van der Waals surface area contributed by atoms with Crippen molar-refractivity contribution in [2.24, 2.45) is 0 Å². The van der Waals surface area contributed by atoms with Crippen LogP contribution < -0.4 is 5.32 Å². The molecule has 2 aromatic rings. The summed E-state index contributed by atoms with van der Waals surface area (Å²) in [4.78, 5) is 18.7. The van der Waals surface area contributed by atoms with Crippen molar-refractivity contribution in [3.8, 4) is 0 Å². The van der Waals surface area contributed by atoms with Crippen molar-refractivity contribution in [2.75, 3.05) is 20.1 Å². The molecule has 7 heteroatoms. The fourth-order valence-electron chi connectivity index (χ4n) is 2.64. The molecule has 2 aromatic heterocycles. The van der Waals surface area contributed by atoms with Crippen LogP contribution in [0.25, 0.3) is 0 Å². The van der Waals surface area contributed by atoms with Gasteiger partial charge in [-0.3, -0.25) is 14.8 Å². The minimum atomic E-state index is -0.121. The van der Waals surface area contributed by atoms with E-state index < -0.39 is 0 Å². The van der Waals surface area contributed by atoms with Gasteiger partial charge in [0.15, 0.2) is 5.69 Å². The van der Waals surface area contributed by atoms with E-state index in [4.69, 9.17) is 0 Å². The van der Waals surface area contributed by atoms with Crippen LogP contribution in [0.3, 0.4) is 0 Å². The summed E-state index contributed by atoms with van der Waals surface area (Å²) in [6, 6.07) is 0. The van der Waals surface area contributed by atoms with E-state index in [-0.39, 0.29) is 5.91 Å². The van der Waals surface area contributed by atoms with Gasteiger partial charge in [0.2, 0.25) is 0 Å². The van der Waals surface area contributed by atoms with E-state index in [2.05, 4.69) is 30.8 Å². The maximum atomic E-state index is 11.8. The van der Waals surface area contributed by atoms with E-state index in [1.54, 1.807) is 18.4 Å². The average Bonchev–Trinajstić information content (AvgIpc) is 3.10. The molecule has 3 rings (SSSR count). The smallest absolute Gasteiger partial charge is 0.271 e. The van der Waals surface area contributed by atoms with Gasteiger partial charge in [-0.1, -0.05) is 0 Å². The number of carbonyl (C=O) groups excluding carboxylic acids is 1. The van der Waals surface area contributed by atoms with Gasteiger partial charge < -0.3 is 5.32 Å². The van der Waals surface area contributed by atoms with Crippen molar-refractivity contribution in [1.82, 2.24) is 25.4 Å². The summed E-state index contributed by atoms with van der Waals surface area (Å²) in [6.07, 6.45) is 1.86. The molecule has 1 aliphatic heterocycles. The fourth-order valence-corrected chi connectivity index (χ4v) is 3.29. The number of aromatic nitrogens is 3. The van der Waals surface area contributed by atoms with E-state index in [0.717, 1.165) is 54.4 Å². The Labute approximate surface area is 127 Å². The lowest BCUT2D eigenvalue weighted by Crippen LogP contribution is -2.33. The molecule has 0 fully saturated rings. The second-order valence-corrected chi connectivity index (χ2v) is 6.30. The molecule has 0 saturated heterocycles. The summed E-state index contributed by atoms with van der Waals surface area (Å²) in [6.45, 7) is 4.76. The van der Waals surface area contributed by atoms with Crippen molar-refractivity contribution in [3.05, 3.63) is 33.0 Å². The van der Waals surface area contributed by atoms with Gasteiger partial charge in [-0.05, 0) is 6.92 Å². The molecule has 1 aliphatic rings. The monoisotopic (exact) mass is 305 g/mol. The molecule has 112 valence electrons. The molecule has 6 nitrogen and oxygen atoms in total. The van der Waals surface area contributed by atoms with Crippen molar-refractivity contribution >= 4 is 17.2 Å². The largest absolute Gasteiger partial charge is 0.354 e. The molecule has 0 atom stereocenters. The third-order valence-corrected chi connectivity index (χ3v) is 4.63. The number of nitrogens with one attached hydrogen (secondary N) is 2. The highest BCUT2D eigenvalue weighted by Gasteiger charge is 2.24. The minimum Gasteiger partial charge on any atom is -0.354 e. The molecular formula is C14H19N5OS. The number of H-pyrrole nitrogens is 1. The van der Waals surface area contributed by atoms with Gasteiger partial charge in [0.05, 0.1) is 10.7 Å². The second-order valence-electron chi connectivity index (χ2n) is 5.24. The first kappa shape index (κ1) is 14.2. The van der Waals surface area contributed by atoms with Crippen LogP contribution in [0.15, 0.2) is 5.38 Å². The number of nitrogens with zero attached hydrogens (tertiary/aromatic N) is 3. The quantitative estimate of drug-likeness (QED) is 0.888. The lowest BCUT2D eigenvalue weighted by atomic mass is 10.0. The number of amides is 1. The summed E-state index contributed by atoms with van der Waals surface area (Å²) >= 11 is 1.69. The standard InChI is InChI=1S/C14H19N5OS/c1-9-16-10(8-21-9)3-5-19-6-4-12-11(7-19)13(18-17-12)14(20)15-2/h8H,3-7H2,1-2H3,(H,15,20)(H,17,18). The zero-order chi connectivity index (χ0) is 14.8. The average molecular weight is 305 g/mol. The number of thiazole rings is 1. The third kappa shape index (κ3) is 2.98. The maximum Gasteiger partial charge on any atom is 0.271 e. The first-order chi connectivity index (χ1) is 10.2. The van der Waals surface area contributed by atoms with Crippen LogP contribution in [0, 0.1) is 6.92 Å². The van der Waals surface area contributed by atoms with E-state index in [9.17, 15) is 4.79 Å². The fraction of sp³-hybridized carbons (Fsp3) is 0.500. The molecule has 0 unspecified atom stereocenters. The summed E-state index contributed by atoms with van der Waals surface area (Å²) in [5.41, 5.74) is 3.81. The Morgan fingerprint density at radius 2 is 2.43 bits per heavy atom. The van der Waals surface area contributed by atoms with Gasteiger partial charge in [-0.25, -0.2) is 4.98 Å². The number of carbonyl (C=O) groups is 1. The predicted molar refractivity (Wildman–Crippen MR) is 81.5 cm³/mol. The Morgan fingerprint density at radius 1 is 1.57 bits per heavy atom. The Bertz CT molecular complexity index is 648. The number of aryl methyl sites for hydroxylation is 1. The number of rotatable bonds is 4. The van der Waals surface area contributed by atoms with Gasteiger partial charge in [-0.15, -0.1) is 11.3 Å². The molecule has 21 heavy (non-hydrogen) atoms. The summed E-state index contributed by atoms with van der Waals surface area (Å²) in [5.74, 6) is -0.121. The van der Waals surface area contributed by atoms with Crippen LogP contribution in [0.2, 0.25) is 0 Å². The molecule has 2 N–H and O–H groups in total. The van der Waals surface area contributed by atoms with Crippen molar-refractivity contribution in [2.45, 2.75) is 26.3 Å². The van der Waals surface area contributed by atoms with Crippen LogP contribution in [-0.2, 0) is 19.4 Å². The molecule has 3 heterocycles. The number of aromatic amines is 1. The molecule has 0 saturated carbocycles. The number of hydrogen-bond acceptors (Lipinski definition) is 5. The Kier molecular flexibility index (Phi) is 4.03. The zero-order valence-corrected chi connectivity index (χ0v) is 13.1. The molecular weight excluding hydrogens is 286 g/mol. The van der Waals surface area contributed by atoms with Crippen molar-refractivity contribution in [1.29, 1.82) is 0 Å². The highest BCUT2D eigenvalue weighted by Crippen LogP contribution is 2.20. The van der Waals surface area contributed by atoms with Crippen molar-refractivity contribution < 1.29 is 4.79 Å². The topological polar surface area (TPSA) is 73.9 Å². The Balaban J connectivity index is 1.66. The van der Waals surface area contributed by atoms with Crippen LogP contribution in [0.4, 0.5) is 0 Å². The lowest BCUT2D eigenvalue weighted by Gasteiger charge is -2.26. The molecule has 0 radical (unpaired) electrons. The zero-order valence-electron chi connectivity index (χ0n) is 12.3. The van der Waals surface area contributed by atoms with Gasteiger partial charge in [0.25, 0.3) is 5.91 Å². The molecule has 0 aromatic carbocycles. The van der Waals surface area contributed by atoms with Gasteiger partial charge >= 0.3 is 0 Å². The predicted octanol–water partition coefficient (Wildman–Crippen LogP) is 1.14. The summed E-state index contributed by atoms with van der Waals surface area (Å²) < 4.78 is 0. The Morgan fingerprint density at radius 3 is 3.14 bits per heavy atom. The first-order valence-corrected chi connectivity index (χ1v) is 7.97. The molecule has 0 aliphatic carbocycles. The lowest BCUT2D eigenvalue weighted by molar-refractivity contribution is 0.0955. The number of hydrogen-bond donors (Lipinski definition) is 2. The van der Waals surface area contributed by atoms with E-state index in [0.29, 0.717) is 5.69 Å². The Hall–Kier alpha value is -1.73. The highest BCUT2D eigenvalue weighted by molar-refractivity contribution is 7.09. The van der Waals surface area contributed by atoms with E-state index in [1.165, 1.54) is 0 Å². The molecule has 1 amide bonds. The first-order valence-electron chi connectivity index (χ1n) is 7.09. The van der Waals surface area contributed by atoms with Crippen LogP contribution in [-0.4, -0.2) is 46.1 Å². The maximum absolute atomic E-state index is 11.8. The SMILES string of the molecule is CNC(=O)c1n[nH]c2c1CN(CCc1csc(C)n1)CC2. The summed E-state index contributed by atoms with van der Waals surface area (Å²) in [7, 11) is 1.63. The molecule has 0 bridgehead atoms. The highest BCUT2D eigenvalue weighted by atomic mass is 32.1. The van der Waals surface area contributed by atoms with Crippen LogP contribution >= 0.6 is 11.3 Å². The van der Waals surface area contributed by atoms with E-state index in [1.807, 2.05) is 6.92 Å². The molecule has 0 spiro atoms. The van der Waals surface area contributed by atoms with Crippen LogP contribution in [0.5, 0.6) is 0 Å². The summed E-state index contributed by atoms with van der Waals surface area (Å²) in [5, 5.41) is 13.0. The third-order valence-electron chi connectivity index (χ3n) is 3.81. The van der Waals surface area contributed by atoms with Gasteiger partial charge in [0.1, 0.15) is 0 Å². The minimum absolute atomic E-state index is 0.121. The van der Waals surface area contributed by atoms with Crippen LogP contribution in [0.1, 0.15) is 32.4 Å². The van der Waals surface area contributed by atoms with Gasteiger partial charge in [-0.2, -0.15) is 5.10 Å².